The molecular formula is C29H23NO5. The van der Waals surface area contributed by atoms with E-state index >= 15 is 0 Å². The second-order valence-corrected chi connectivity index (χ2v) is 9.06. The summed E-state index contributed by atoms with van der Waals surface area (Å²) in [7, 11) is 2.91. The molecule has 1 fully saturated rings. The number of nitrogens with zero attached hydrogens (tertiary/aromatic N) is 1. The lowest BCUT2D eigenvalue weighted by Gasteiger charge is -2.36. The topological polar surface area (TPSA) is 72.9 Å². The Balaban J connectivity index is 1.67. The fraction of sp³-hybridized carbons (Fsp3) is 0.207. The van der Waals surface area contributed by atoms with Crippen LogP contribution >= 0.6 is 0 Å². The second-order valence-electron chi connectivity index (χ2n) is 9.06. The number of fused-ring (bicyclic) bond motifs is 5. The number of carbonyl (C=O) groups is 3. The van der Waals surface area contributed by atoms with Gasteiger partial charge in [-0.15, -0.1) is 0 Å². The number of anilines is 1. The monoisotopic (exact) mass is 465 g/mol. The van der Waals surface area contributed by atoms with E-state index in [1.807, 2.05) is 53.5 Å². The quantitative estimate of drug-likeness (QED) is 0.424. The van der Waals surface area contributed by atoms with Gasteiger partial charge >= 0.3 is 5.97 Å². The third kappa shape index (κ3) is 2.68. The maximum atomic E-state index is 14.3. The highest BCUT2D eigenvalue weighted by molar-refractivity contribution is 6.32. The van der Waals surface area contributed by atoms with Crippen molar-refractivity contribution in [3.63, 3.8) is 0 Å². The number of esters is 1. The Labute approximate surface area is 202 Å². The Morgan fingerprint density at radius 1 is 0.857 bits per heavy atom. The Kier molecular flexibility index (Phi) is 4.68. The number of hydrogen-bond donors (Lipinski definition) is 0. The molecule has 6 heteroatoms. The lowest BCUT2D eigenvalue weighted by Crippen LogP contribution is -2.48. The minimum absolute atomic E-state index is 0.260. The van der Waals surface area contributed by atoms with Crippen molar-refractivity contribution in [2.75, 3.05) is 19.1 Å². The smallest absolute Gasteiger partial charge is 0.329 e. The predicted molar refractivity (Wildman–Crippen MR) is 131 cm³/mol. The second kappa shape index (κ2) is 7.67. The molecule has 3 atom stereocenters. The average Bonchev–Trinajstić information content (AvgIpc) is 3.35. The van der Waals surface area contributed by atoms with Gasteiger partial charge in [0.2, 0.25) is 0 Å². The average molecular weight is 466 g/mol. The van der Waals surface area contributed by atoms with E-state index in [9.17, 15) is 14.4 Å². The summed E-state index contributed by atoms with van der Waals surface area (Å²) in [6.07, 6.45) is 3.83. The van der Waals surface area contributed by atoms with Crippen LogP contribution in [0, 0.1) is 5.41 Å². The van der Waals surface area contributed by atoms with Crippen molar-refractivity contribution in [3.05, 3.63) is 101 Å². The van der Waals surface area contributed by atoms with Gasteiger partial charge in [-0.3, -0.25) is 9.59 Å². The summed E-state index contributed by atoms with van der Waals surface area (Å²) in [5, 5.41) is 0. The molecule has 3 aromatic rings. The van der Waals surface area contributed by atoms with Gasteiger partial charge in [-0.05, 0) is 29.3 Å². The minimum Gasteiger partial charge on any atom is -0.497 e. The molecule has 1 aliphatic carbocycles. The third-order valence-electron chi connectivity index (χ3n) is 7.63. The molecule has 174 valence electrons. The van der Waals surface area contributed by atoms with Crippen LogP contribution in [0.15, 0.2) is 78.9 Å². The zero-order chi connectivity index (χ0) is 24.3. The van der Waals surface area contributed by atoms with E-state index in [1.165, 1.54) is 7.11 Å². The molecule has 0 N–H and O–H groups in total. The van der Waals surface area contributed by atoms with Crippen molar-refractivity contribution < 1.29 is 23.9 Å². The van der Waals surface area contributed by atoms with Crippen LogP contribution in [0.4, 0.5) is 5.69 Å². The number of hydrogen-bond acceptors (Lipinski definition) is 6. The molecule has 1 saturated heterocycles. The fourth-order valence-corrected chi connectivity index (χ4v) is 6.19. The number of ketones is 2. The summed E-state index contributed by atoms with van der Waals surface area (Å²) < 4.78 is 10.6. The van der Waals surface area contributed by atoms with E-state index in [4.69, 9.17) is 9.47 Å². The first-order chi connectivity index (χ1) is 17.0. The summed E-state index contributed by atoms with van der Waals surface area (Å²) in [4.78, 5) is 44.0. The fourth-order valence-electron chi connectivity index (χ4n) is 6.19. The molecule has 2 heterocycles. The van der Waals surface area contributed by atoms with E-state index in [0.717, 1.165) is 11.3 Å². The van der Waals surface area contributed by atoms with Gasteiger partial charge in [-0.1, -0.05) is 66.7 Å². The summed E-state index contributed by atoms with van der Waals surface area (Å²) in [6, 6.07) is 20.3. The maximum absolute atomic E-state index is 14.3. The van der Waals surface area contributed by atoms with Crippen molar-refractivity contribution in [1.82, 2.24) is 0 Å². The van der Waals surface area contributed by atoms with E-state index in [-0.39, 0.29) is 11.6 Å². The molecule has 0 radical (unpaired) electrons. The van der Waals surface area contributed by atoms with Gasteiger partial charge < -0.3 is 14.4 Å². The molecule has 3 aliphatic rings. The van der Waals surface area contributed by atoms with Gasteiger partial charge in [-0.2, -0.15) is 0 Å². The normalized spacial score (nSPS) is 23.1. The lowest BCUT2D eigenvalue weighted by atomic mass is 9.65. The van der Waals surface area contributed by atoms with Gasteiger partial charge in [0.05, 0.1) is 20.3 Å². The van der Waals surface area contributed by atoms with Crippen LogP contribution < -0.4 is 9.64 Å². The molecule has 0 saturated carbocycles. The van der Waals surface area contributed by atoms with Gasteiger partial charge in [0.1, 0.15) is 17.2 Å². The summed E-state index contributed by atoms with van der Waals surface area (Å²) in [6.45, 7) is 0. The molecule has 0 unspecified atom stereocenters. The van der Waals surface area contributed by atoms with Crippen molar-refractivity contribution in [2.45, 2.75) is 18.0 Å². The van der Waals surface area contributed by atoms with Gasteiger partial charge in [0, 0.05) is 22.7 Å². The van der Waals surface area contributed by atoms with Crippen molar-refractivity contribution in [2.24, 2.45) is 5.41 Å². The van der Waals surface area contributed by atoms with E-state index < -0.39 is 29.4 Å². The SMILES string of the molecule is COC(=O)[C@H]1[C@H](c2ccc(OC)cc2)C2(C(=O)c3ccccc3C2=O)[C@@H]2C=Cc3ccccc3N21. The van der Waals surface area contributed by atoms with Crippen LogP contribution in [0.5, 0.6) is 5.75 Å². The molecule has 6 rings (SSSR count). The highest BCUT2D eigenvalue weighted by atomic mass is 16.5. The lowest BCUT2D eigenvalue weighted by molar-refractivity contribution is -0.142. The zero-order valence-electron chi connectivity index (χ0n) is 19.3. The van der Waals surface area contributed by atoms with E-state index in [2.05, 4.69) is 0 Å². The number of para-hydroxylation sites is 1. The van der Waals surface area contributed by atoms with Crippen molar-refractivity contribution >= 4 is 29.3 Å². The first kappa shape index (κ1) is 21.4. The molecule has 0 bridgehead atoms. The first-order valence-electron chi connectivity index (χ1n) is 11.5. The van der Waals surface area contributed by atoms with Crippen LogP contribution in [0.2, 0.25) is 0 Å². The molecule has 3 aromatic carbocycles. The number of carbonyl (C=O) groups excluding carboxylic acids is 3. The van der Waals surface area contributed by atoms with Crippen molar-refractivity contribution in [3.8, 4) is 5.75 Å². The molecule has 2 aliphatic heterocycles. The molecular weight excluding hydrogens is 442 g/mol. The number of methoxy groups -OCH3 is 2. The molecule has 35 heavy (non-hydrogen) atoms. The maximum Gasteiger partial charge on any atom is 0.329 e. The number of rotatable bonds is 3. The van der Waals surface area contributed by atoms with Gasteiger partial charge in [0.25, 0.3) is 0 Å². The van der Waals surface area contributed by atoms with Crippen LogP contribution in [0.3, 0.4) is 0 Å². The van der Waals surface area contributed by atoms with Gasteiger partial charge in [-0.25, -0.2) is 4.79 Å². The highest BCUT2D eigenvalue weighted by Gasteiger charge is 2.71. The van der Waals surface area contributed by atoms with Gasteiger partial charge in [0.15, 0.2) is 11.6 Å². The van der Waals surface area contributed by atoms with Crippen molar-refractivity contribution in [1.29, 1.82) is 0 Å². The summed E-state index contributed by atoms with van der Waals surface area (Å²) in [5.74, 6) is -1.14. The molecule has 0 amide bonds. The largest absolute Gasteiger partial charge is 0.497 e. The van der Waals surface area contributed by atoms with Crippen LogP contribution in [-0.2, 0) is 9.53 Å². The number of Topliss-reactive ketones (excluding diaryl/α,β-unsaturated/α-hetero) is 2. The highest BCUT2D eigenvalue weighted by Crippen LogP contribution is 2.60. The molecule has 6 nitrogen and oxygen atoms in total. The Morgan fingerprint density at radius 3 is 2.11 bits per heavy atom. The predicted octanol–water partition coefficient (Wildman–Crippen LogP) is 4.30. The Bertz CT molecular complexity index is 1370. The summed E-state index contributed by atoms with van der Waals surface area (Å²) in [5.41, 5.74) is 1.70. The van der Waals surface area contributed by atoms with E-state index in [0.29, 0.717) is 22.4 Å². The van der Waals surface area contributed by atoms with Crippen LogP contribution in [0.25, 0.3) is 6.08 Å². The van der Waals surface area contributed by atoms with E-state index in [1.54, 1.807) is 43.5 Å². The first-order valence-corrected chi connectivity index (χ1v) is 11.5. The Morgan fingerprint density at radius 2 is 1.49 bits per heavy atom. The summed E-state index contributed by atoms with van der Waals surface area (Å²) >= 11 is 0. The number of ether oxygens (including phenoxy) is 2. The minimum atomic E-state index is -1.51. The van der Waals surface area contributed by atoms with Crippen LogP contribution in [0.1, 0.15) is 37.8 Å². The molecule has 1 spiro atoms. The standard InChI is InChI=1S/C29H23NO5/c1-34-19-14-11-18(12-15-19)24-25(28(33)35-2)30-22-10-6-3-7-17(22)13-16-23(30)29(24)26(31)20-8-4-5-9-21(20)27(29)32/h3-16,23-25H,1-2H3/t23-,24-,25+/m0/s1. The number of benzene rings is 3. The van der Waals surface area contributed by atoms with Crippen LogP contribution in [-0.4, -0.2) is 43.8 Å². The third-order valence-corrected chi connectivity index (χ3v) is 7.63. The Hall–Kier alpha value is -4.19. The zero-order valence-corrected chi connectivity index (χ0v) is 19.3. The molecule has 0 aromatic heterocycles.